The van der Waals surface area contributed by atoms with Gasteiger partial charge in [-0.3, -0.25) is 0 Å². The molecule has 0 unspecified atom stereocenters. The van der Waals surface area contributed by atoms with E-state index in [0.717, 1.165) is 12.8 Å². The van der Waals surface area contributed by atoms with E-state index in [9.17, 15) is 8.42 Å². The zero-order chi connectivity index (χ0) is 11.8. The molecule has 16 heavy (non-hydrogen) atoms. The molecule has 1 fully saturated rings. The van der Waals surface area contributed by atoms with Gasteiger partial charge in [-0.15, -0.1) is 0 Å². The van der Waals surface area contributed by atoms with Crippen LogP contribution >= 0.6 is 0 Å². The van der Waals surface area contributed by atoms with Crippen LogP contribution in [0.15, 0.2) is 17.3 Å². The normalized spacial score (nSPS) is 15.9. The van der Waals surface area contributed by atoms with Crippen LogP contribution in [0, 0.1) is 0 Å². The van der Waals surface area contributed by atoms with E-state index in [4.69, 9.17) is 14.6 Å². The molecule has 88 valence electrons. The van der Waals surface area contributed by atoms with Crippen LogP contribution in [0.4, 0.5) is 0 Å². The molecule has 7 heteroatoms. The highest BCUT2D eigenvalue weighted by atomic mass is 32.2. The van der Waals surface area contributed by atoms with Crippen molar-refractivity contribution in [2.75, 3.05) is 7.11 Å². The quantitative estimate of drug-likeness (QED) is 0.821. The average molecular weight is 244 g/mol. The van der Waals surface area contributed by atoms with Crippen LogP contribution in [0.25, 0.3) is 0 Å². The third-order valence-electron chi connectivity index (χ3n) is 2.11. The summed E-state index contributed by atoms with van der Waals surface area (Å²) in [7, 11) is -2.51. The molecule has 0 spiro atoms. The van der Waals surface area contributed by atoms with E-state index in [1.165, 1.54) is 19.4 Å². The zero-order valence-corrected chi connectivity index (χ0v) is 9.53. The number of hydrogen-bond donors (Lipinski definition) is 1. The minimum absolute atomic E-state index is 0.0978. The van der Waals surface area contributed by atoms with Gasteiger partial charge in [-0.05, 0) is 12.8 Å². The van der Waals surface area contributed by atoms with Gasteiger partial charge in [0.05, 0.1) is 19.4 Å². The van der Waals surface area contributed by atoms with Gasteiger partial charge in [0.1, 0.15) is 5.75 Å². The number of hydrogen-bond acceptors (Lipinski definition) is 5. The van der Waals surface area contributed by atoms with Crippen LogP contribution in [0.1, 0.15) is 12.8 Å². The fourth-order valence-corrected chi connectivity index (χ4v) is 1.84. The Hall–Kier alpha value is -1.34. The van der Waals surface area contributed by atoms with Crippen molar-refractivity contribution >= 4 is 10.0 Å². The van der Waals surface area contributed by atoms with Crippen LogP contribution in [0.3, 0.4) is 0 Å². The summed E-state index contributed by atoms with van der Waals surface area (Å²) in [4.78, 5) is 3.74. The fourth-order valence-electron chi connectivity index (χ4n) is 1.22. The molecule has 0 bridgehead atoms. The summed E-state index contributed by atoms with van der Waals surface area (Å²) in [6, 6.07) is 1.48. The van der Waals surface area contributed by atoms with Crippen LogP contribution in [0.2, 0.25) is 0 Å². The maximum Gasteiger partial charge on any atom is 0.259 e. The maximum atomic E-state index is 11.2. The molecule has 0 saturated heterocycles. The Kier molecular flexibility index (Phi) is 2.73. The van der Waals surface area contributed by atoms with E-state index in [1.807, 2.05) is 0 Å². The number of ether oxygens (including phenoxy) is 2. The van der Waals surface area contributed by atoms with Crippen molar-refractivity contribution < 1.29 is 17.9 Å². The Morgan fingerprint density at radius 3 is 2.69 bits per heavy atom. The first-order chi connectivity index (χ1) is 7.50. The van der Waals surface area contributed by atoms with Crippen LogP contribution in [-0.4, -0.2) is 26.6 Å². The van der Waals surface area contributed by atoms with Crippen LogP contribution in [-0.2, 0) is 10.0 Å². The fraction of sp³-hybridized carbons (Fsp3) is 0.444. The first kappa shape index (κ1) is 11.2. The van der Waals surface area contributed by atoms with E-state index in [2.05, 4.69) is 4.98 Å². The van der Waals surface area contributed by atoms with Crippen molar-refractivity contribution in [3.8, 4) is 11.5 Å². The van der Waals surface area contributed by atoms with E-state index in [1.54, 1.807) is 0 Å². The van der Waals surface area contributed by atoms with Crippen molar-refractivity contribution in [3.05, 3.63) is 12.3 Å². The monoisotopic (exact) mass is 244 g/mol. The van der Waals surface area contributed by atoms with E-state index >= 15 is 0 Å². The predicted molar refractivity (Wildman–Crippen MR) is 55.8 cm³/mol. The smallest absolute Gasteiger partial charge is 0.259 e. The number of aromatic nitrogens is 1. The number of sulfonamides is 1. The van der Waals surface area contributed by atoms with Crippen molar-refractivity contribution in [2.24, 2.45) is 5.14 Å². The lowest BCUT2D eigenvalue weighted by molar-refractivity contribution is 0.298. The summed E-state index contributed by atoms with van der Waals surface area (Å²) in [6.45, 7) is 0. The van der Waals surface area contributed by atoms with Gasteiger partial charge in [-0.1, -0.05) is 0 Å². The lowest BCUT2D eigenvalue weighted by atomic mass is 10.4. The van der Waals surface area contributed by atoms with Crippen LogP contribution in [0.5, 0.6) is 11.5 Å². The topological polar surface area (TPSA) is 91.5 Å². The molecule has 0 aromatic carbocycles. The number of rotatable bonds is 4. The number of nitrogens with two attached hydrogens (primary N) is 1. The van der Waals surface area contributed by atoms with Crippen molar-refractivity contribution in [1.29, 1.82) is 0 Å². The second-order valence-corrected chi connectivity index (χ2v) is 5.02. The highest BCUT2D eigenvalue weighted by Gasteiger charge is 2.25. The zero-order valence-electron chi connectivity index (χ0n) is 8.71. The molecule has 1 aromatic rings. The Labute approximate surface area is 93.4 Å². The SMILES string of the molecule is COc1cc(OC2CC2)cnc1S(N)(=O)=O. The Morgan fingerprint density at radius 2 is 2.19 bits per heavy atom. The Bertz CT molecular complexity index is 496. The molecule has 1 aromatic heterocycles. The molecule has 1 aliphatic rings. The number of nitrogens with zero attached hydrogens (tertiary/aromatic N) is 1. The number of methoxy groups -OCH3 is 1. The Balaban J connectivity index is 2.34. The van der Waals surface area contributed by atoms with Crippen molar-refractivity contribution in [1.82, 2.24) is 4.98 Å². The minimum Gasteiger partial charge on any atom is -0.494 e. The lowest BCUT2D eigenvalue weighted by Crippen LogP contribution is -2.15. The van der Waals surface area contributed by atoms with Gasteiger partial charge < -0.3 is 9.47 Å². The molecule has 0 atom stereocenters. The van der Waals surface area contributed by atoms with Crippen molar-refractivity contribution in [3.63, 3.8) is 0 Å². The third kappa shape index (κ3) is 2.42. The lowest BCUT2D eigenvalue weighted by Gasteiger charge is -2.08. The molecule has 2 rings (SSSR count). The standard InChI is InChI=1S/C9H12N2O4S/c1-14-8-4-7(15-6-2-3-6)5-11-9(8)16(10,12)13/h4-6H,2-3H2,1H3,(H2,10,12,13). The van der Waals surface area contributed by atoms with Gasteiger partial charge in [0.25, 0.3) is 10.0 Å². The highest BCUT2D eigenvalue weighted by molar-refractivity contribution is 7.89. The van der Waals surface area contributed by atoms with Gasteiger partial charge in [-0.2, -0.15) is 0 Å². The summed E-state index contributed by atoms with van der Waals surface area (Å²) in [5, 5.41) is 4.71. The van der Waals surface area contributed by atoms with E-state index in [-0.39, 0.29) is 16.9 Å². The second kappa shape index (κ2) is 3.91. The summed E-state index contributed by atoms with van der Waals surface area (Å²) in [5.41, 5.74) is 0. The molecule has 2 N–H and O–H groups in total. The van der Waals surface area contributed by atoms with Gasteiger partial charge in [0.15, 0.2) is 5.75 Å². The minimum atomic E-state index is -3.87. The largest absolute Gasteiger partial charge is 0.494 e. The first-order valence-corrected chi connectivity index (χ1v) is 6.29. The molecular weight excluding hydrogens is 232 g/mol. The molecule has 1 heterocycles. The second-order valence-electron chi connectivity index (χ2n) is 3.54. The number of primary sulfonamides is 1. The summed E-state index contributed by atoms with van der Waals surface area (Å²) < 4.78 is 32.7. The van der Waals surface area contributed by atoms with Gasteiger partial charge in [-0.25, -0.2) is 18.5 Å². The van der Waals surface area contributed by atoms with Crippen LogP contribution < -0.4 is 14.6 Å². The van der Waals surface area contributed by atoms with Gasteiger partial charge in [0.2, 0.25) is 5.03 Å². The molecule has 0 radical (unpaired) electrons. The average Bonchev–Trinajstić information content (AvgIpc) is 3.00. The van der Waals surface area contributed by atoms with Gasteiger partial charge >= 0.3 is 0 Å². The molecule has 1 saturated carbocycles. The van der Waals surface area contributed by atoms with Gasteiger partial charge in [0, 0.05) is 6.07 Å². The molecule has 6 nitrogen and oxygen atoms in total. The summed E-state index contributed by atoms with van der Waals surface area (Å²) in [5.74, 6) is 0.590. The predicted octanol–water partition coefficient (Wildman–Crippen LogP) is 0.279. The van der Waals surface area contributed by atoms with Crippen molar-refractivity contribution in [2.45, 2.75) is 24.0 Å². The molecule has 0 amide bonds. The Morgan fingerprint density at radius 1 is 1.50 bits per heavy atom. The first-order valence-electron chi connectivity index (χ1n) is 4.74. The molecule has 0 aliphatic heterocycles. The summed E-state index contributed by atoms with van der Waals surface area (Å²) in [6.07, 6.45) is 3.57. The molecular formula is C9H12N2O4S. The van der Waals surface area contributed by atoms with E-state index in [0.29, 0.717) is 5.75 Å². The van der Waals surface area contributed by atoms with E-state index < -0.39 is 10.0 Å². The maximum absolute atomic E-state index is 11.2. The third-order valence-corrected chi connectivity index (χ3v) is 2.96. The highest BCUT2D eigenvalue weighted by Crippen LogP contribution is 2.30. The number of pyridine rings is 1. The molecule has 1 aliphatic carbocycles. The summed E-state index contributed by atoms with van der Waals surface area (Å²) >= 11 is 0.